The van der Waals surface area contributed by atoms with Crippen molar-refractivity contribution in [3.63, 3.8) is 0 Å². The number of carbonyl (C=O) groups is 1. The van der Waals surface area contributed by atoms with Gasteiger partial charge >= 0.3 is 0 Å². The lowest BCUT2D eigenvalue weighted by Gasteiger charge is -2.40. The van der Waals surface area contributed by atoms with Crippen molar-refractivity contribution in [2.75, 3.05) is 13.2 Å². The van der Waals surface area contributed by atoms with Gasteiger partial charge in [0.25, 0.3) is 0 Å². The summed E-state index contributed by atoms with van der Waals surface area (Å²) in [7, 11) is 0. The fraction of sp³-hybridized carbons (Fsp3) is 0.847. The normalized spacial score (nSPS) is 18.7. The van der Waals surface area contributed by atoms with Gasteiger partial charge < -0.3 is 40.3 Å². The largest absolute Gasteiger partial charge is 0.394 e. The van der Waals surface area contributed by atoms with Crippen molar-refractivity contribution in [3.05, 3.63) is 60.8 Å². The number of hydrogen-bond acceptors (Lipinski definition) is 8. The number of rotatable bonds is 61. The van der Waals surface area contributed by atoms with Gasteiger partial charge in [-0.15, -0.1) is 0 Å². The summed E-state index contributed by atoms with van der Waals surface area (Å²) in [6.45, 7) is 3.76. The van der Waals surface area contributed by atoms with Crippen molar-refractivity contribution < 1.29 is 39.8 Å². The van der Waals surface area contributed by atoms with E-state index in [-0.39, 0.29) is 12.5 Å². The van der Waals surface area contributed by atoms with E-state index in [9.17, 15) is 30.3 Å². The molecule has 1 aliphatic heterocycles. The van der Waals surface area contributed by atoms with Crippen LogP contribution < -0.4 is 5.32 Å². The Bertz CT molecular complexity index is 1460. The second-order valence-corrected chi connectivity index (χ2v) is 24.3. The van der Waals surface area contributed by atoms with Crippen LogP contribution in [0.1, 0.15) is 335 Å². The summed E-state index contributed by atoms with van der Waals surface area (Å²) in [4.78, 5) is 13.1. The minimum absolute atomic E-state index is 0.134. The fourth-order valence-corrected chi connectivity index (χ4v) is 11.2. The van der Waals surface area contributed by atoms with Gasteiger partial charge in [0.2, 0.25) is 5.91 Å². The van der Waals surface area contributed by atoms with Crippen LogP contribution in [0.25, 0.3) is 0 Å². The molecule has 6 N–H and O–H groups in total. The van der Waals surface area contributed by atoms with Gasteiger partial charge in [0.1, 0.15) is 24.4 Å². The topological polar surface area (TPSA) is 149 Å². The Morgan fingerprint density at radius 3 is 1.14 bits per heavy atom. The van der Waals surface area contributed by atoms with Gasteiger partial charge in [0.05, 0.1) is 25.4 Å². The van der Waals surface area contributed by atoms with Crippen LogP contribution in [-0.2, 0) is 14.3 Å². The highest BCUT2D eigenvalue weighted by atomic mass is 16.7. The Labute approximate surface area is 500 Å². The molecule has 1 fully saturated rings. The number of unbranched alkanes of at least 4 members (excludes halogenated alkanes) is 41. The van der Waals surface area contributed by atoms with Gasteiger partial charge in [-0.1, -0.05) is 331 Å². The first kappa shape index (κ1) is 76.9. The molecule has 0 aromatic carbocycles. The summed E-state index contributed by atoms with van der Waals surface area (Å²) >= 11 is 0. The molecule has 7 unspecified atom stereocenters. The fourth-order valence-electron chi connectivity index (χ4n) is 11.2. The first-order chi connectivity index (χ1) is 39.8. The Morgan fingerprint density at radius 1 is 0.432 bits per heavy atom. The molecular formula is C72H133NO8. The van der Waals surface area contributed by atoms with Gasteiger partial charge in [-0.3, -0.25) is 4.79 Å². The highest BCUT2D eigenvalue weighted by Gasteiger charge is 2.44. The third-order valence-electron chi connectivity index (χ3n) is 16.6. The van der Waals surface area contributed by atoms with Gasteiger partial charge in [0.15, 0.2) is 6.29 Å². The molecule has 81 heavy (non-hydrogen) atoms. The smallest absolute Gasteiger partial charge is 0.220 e. The highest BCUT2D eigenvalue weighted by molar-refractivity contribution is 5.76. The van der Waals surface area contributed by atoms with Crippen LogP contribution in [-0.4, -0.2) is 87.5 Å². The zero-order valence-electron chi connectivity index (χ0n) is 53.0. The number of carbonyl (C=O) groups excluding carboxylic acids is 1. The average molecular weight is 1140 g/mol. The van der Waals surface area contributed by atoms with E-state index in [0.717, 1.165) is 70.6 Å². The van der Waals surface area contributed by atoms with Crippen LogP contribution in [0.5, 0.6) is 0 Å². The molecule has 7 atom stereocenters. The molecule has 0 aromatic rings. The predicted molar refractivity (Wildman–Crippen MR) is 346 cm³/mol. The van der Waals surface area contributed by atoms with E-state index in [1.807, 2.05) is 0 Å². The molecule has 1 aliphatic rings. The van der Waals surface area contributed by atoms with Crippen molar-refractivity contribution in [2.45, 2.75) is 378 Å². The summed E-state index contributed by atoms with van der Waals surface area (Å²) in [6.07, 6.45) is 77.2. The summed E-state index contributed by atoms with van der Waals surface area (Å²) in [5.74, 6) is -0.138. The molecule has 9 heteroatoms. The van der Waals surface area contributed by atoms with Crippen molar-refractivity contribution in [2.24, 2.45) is 0 Å². The van der Waals surface area contributed by atoms with Crippen LogP contribution in [0.15, 0.2) is 60.8 Å². The minimum Gasteiger partial charge on any atom is -0.394 e. The summed E-state index contributed by atoms with van der Waals surface area (Å²) in [5, 5.41) is 54.9. The number of hydrogen-bond donors (Lipinski definition) is 6. The molecule has 0 spiro atoms. The highest BCUT2D eigenvalue weighted by Crippen LogP contribution is 2.24. The van der Waals surface area contributed by atoms with Gasteiger partial charge in [-0.2, -0.15) is 0 Å². The van der Waals surface area contributed by atoms with E-state index in [2.05, 4.69) is 79.9 Å². The maximum Gasteiger partial charge on any atom is 0.220 e. The number of aliphatic hydroxyl groups is 5. The molecule has 0 bridgehead atoms. The van der Waals surface area contributed by atoms with Gasteiger partial charge in [-0.05, 0) is 57.8 Å². The molecule has 474 valence electrons. The quantitative estimate of drug-likeness (QED) is 0.0261. The SMILES string of the molecule is CC/C=C\C/C=C\C/C=C\C/C=C\C/C=C\CCCCCCCCCCCCCCCCCCCCCCCCCC(=O)NC(COC1OC(CO)C(O)C(O)C1O)C(O)CCCCCCCCCCCCCCCCCCCCC. The van der Waals surface area contributed by atoms with Gasteiger partial charge in [-0.25, -0.2) is 0 Å². The first-order valence-corrected chi connectivity index (χ1v) is 35.0. The molecule has 0 aromatic heterocycles. The molecule has 0 aliphatic carbocycles. The molecule has 0 saturated carbocycles. The van der Waals surface area contributed by atoms with Crippen molar-refractivity contribution in [1.82, 2.24) is 5.32 Å². The average Bonchev–Trinajstić information content (AvgIpc) is 3.48. The third-order valence-corrected chi connectivity index (χ3v) is 16.6. The molecule has 1 heterocycles. The number of ether oxygens (including phenoxy) is 2. The molecular weight excluding hydrogens is 1010 g/mol. The molecule has 9 nitrogen and oxygen atoms in total. The zero-order valence-corrected chi connectivity index (χ0v) is 53.0. The van der Waals surface area contributed by atoms with E-state index in [4.69, 9.17) is 9.47 Å². The molecule has 1 rings (SSSR count). The summed E-state index contributed by atoms with van der Waals surface area (Å²) in [6, 6.07) is -0.719. The maximum absolute atomic E-state index is 13.1. The van der Waals surface area contributed by atoms with E-state index in [1.165, 1.54) is 238 Å². The van der Waals surface area contributed by atoms with Crippen LogP contribution in [0, 0.1) is 0 Å². The van der Waals surface area contributed by atoms with E-state index in [1.54, 1.807) is 0 Å². The van der Waals surface area contributed by atoms with Crippen molar-refractivity contribution in [3.8, 4) is 0 Å². The summed E-state index contributed by atoms with van der Waals surface area (Å²) < 4.78 is 11.4. The lowest BCUT2D eigenvalue weighted by molar-refractivity contribution is -0.302. The Balaban J connectivity index is 2.05. The minimum atomic E-state index is -1.55. The molecule has 1 saturated heterocycles. The first-order valence-electron chi connectivity index (χ1n) is 35.0. The number of amides is 1. The van der Waals surface area contributed by atoms with Crippen LogP contribution in [0.4, 0.5) is 0 Å². The molecule has 0 radical (unpaired) electrons. The predicted octanol–water partition coefficient (Wildman–Crippen LogP) is 19.0. The molecule has 1 amide bonds. The number of aliphatic hydroxyl groups excluding tert-OH is 5. The summed E-state index contributed by atoms with van der Waals surface area (Å²) in [5.41, 5.74) is 0. The third kappa shape index (κ3) is 49.8. The lowest BCUT2D eigenvalue weighted by atomic mass is 9.99. The second kappa shape index (κ2) is 61.0. The number of nitrogens with one attached hydrogen (secondary N) is 1. The Morgan fingerprint density at radius 2 is 0.765 bits per heavy atom. The standard InChI is InChI=1S/C72H133NO8/c1-3-5-7-9-11-13-15-17-19-21-23-24-25-26-27-28-29-30-31-32-33-34-35-36-37-38-39-40-41-42-44-46-48-50-52-54-56-58-60-62-68(76)73-65(64-80-72-71(79)70(78)69(77)67(63-74)81-72)66(75)61-59-57-55-53-51-49-47-45-43-22-20-18-16-14-12-10-8-6-4-2/h5,7,11,13,17,19,23-24,26-27,65-67,69-72,74-75,77-79H,3-4,6,8-10,12,14-16,18,20-22,25,28-64H2,1-2H3,(H,73,76)/b7-5-,13-11-,19-17-,24-23-,27-26-. The lowest BCUT2D eigenvalue weighted by Crippen LogP contribution is -2.60. The Kier molecular flexibility index (Phi) is 57.9. The van der Waals surface area contributed by atoms with Crippen molar-refractivity contribution >= 4 is 5.91 Å². The Hall–Kier alpha value is -2.11. The van der Waals surface area contributed by atoms with Gasteiger partial charge in [0, 0.05) is 6.42 Å². The van der Waals surface area contributed by atoms with E-state index >= 15 is 0 Å². The monoisotopic (exact) mass is 1140 g/mol. The van der Waals surface area contributed by atoms with Crippen molar-refractivity contribution in [1.29, 1.82) is 0 Å². The second-order valence-electron chi connectivity index (χ2n) is 24.3. The van der Waals surface area contributed by atoms with E-state index < -0.39 is 49.5 Å². The van der Waals surface area contributed by atoms with Crippen LogP contribution in [0.2, 0.25) is 0 Å². The van der Waals surface area contributed by atoms with Crippen LogP contribution >= 0.6 is 0 Å². The van der Waals surface area contributed by atoms with E-state index in [0.29, 0.717) is 12.8 Å². The zero-order chi connectivity index (χ0) is 58.6. The van der Waals surface area contributed by atoms with Crippen LogP contribution in [0.3, 0.4) is 0 Å². The number of allylic oxidation sites excluding steroid dienone is 10. The maximum atomic E-state index is 13.1.